The second kappa shape index (κ2) is 8.98. The monoisotopic (exact) mass is 384 g/mol. The Morgan fingerprint density at radius 1 is 0.786 bits per heavy atom. The predicted octanol–water partition coefficient (Wildman–Crippen LogP) is 6.08. The quantitative estimate of drug-likeness (QED) is 0.451. The fraction of sp³-hybridized carbons (Fsp3) is 0.192. The van der Waals surface area contributed by atoms with Crippen molar-refractivity contribution in [3.8, 4) is 0 Å². The van der Waals surface area contributed by atoms with Crippen LogP contribution in [0.4, 0.5) is 0 Å². The Labute approximate surface area is 169 Å². The first-order chi connectivity index (χ1) is 13.5. The first kappa shape index (κ1) is 20.0. The molecule has 2 heteroatoms. The molecule has 28 heavy (non-hydrogen) atoms. The topological polar surface area (TPSA) is 17.1 Å². The Kier molecular flexibility index (Phi) is 6.43. The van der Waals surface area contributed by atoms with E-state index >= 15 is 0 Å². The molecule has 0 fully saturated rings. The predicted molar refractivity (Wildman–Crippen MR) is 123 cm³/mol. The number of carbonyl (C=O) groups is 1. The standard InChI is InChI=1S/C26H28OSi/c1-21(27)19-25(28(2,3)24-17-11-6-12-18-24)20-26(22-13-7-4-8-14-22)23-15-9-5-10-16-23/h4-18,20,25H,19H2,1-3H3. The van der Waals surface area contributed by atoms with E-state index in [1.54, 1.807) is 6.92 Å². The maximum absolute atomic E-state index is 12.2. The van der Waals surface area contributed by atoms with Gasteiger partial charge in [0.05, 0.1) is 8.07 Å². The molecular weight excluding hydrogens is 356 g/mol. The number of rotatable bonds is 7. The van der Waals surface area contributed by atoms with Gasteiger partial charge in [0.25, 0.3) is 0 Å². The number of ketones is 1. The van der Waals surface area contributed by atoms with Crippen LogP contribution in [0.1, 0.15) is 24.5 Å². The van der Waals surface area contributed by atoms with Gasteiger partial charge < -0.3 is 4.79 Å². The number of hydrogen-bond donors (Lipinski definition) is 0. The average Bonchev–Trinajstić information content (AvgIpc) is 2.72. The number of hydrogen-bond acceptors (Lipinski definition) is 1. The highest BCUT2D eigenvalue weighted by molar-refractivity contribution is 6.91. The third-order valence-corrected chi connectivity index (χ3v) is 9.54. The molecule has 0 saturated heterocycles. The third-order valence-electron chi connectivity index (χ3n) is 5.49. The van der Waals surface area contributed by atoms with E-state index < -0.39 is 8.07 Å². The molecule has 1 nitrogen and oxygen atoms in total. The zero-order valence-corrected chi connectivity index (χ0v) is 17.9. The first-order valence-corrected chi connectivity index (χ1v) is 12.9. The summed E-state index contributed by atoms with van der Waals surface area (Å²) in [6, 6.07) is 31.7. The van der Waals surface area contributed by atoms with E-state index in [2.05, 4.69) is 98.0 Å². The van der Waals surface area contributed by atoms with Crippen molar-refractivity contribution < 1.29 is 4.79 Å². The van der Waals surface area contributed by atoms with Crippen molar-refractivity contribution in [1.82, 2.24) is 0 Å². The zero-order chi connectivity index (χ0) is 20.0. The Hall–Kier alpha value is -2.71. The van der Waals surface area contributed by atoms with E-state index in [4.69, 9.17) is 0 Å². The van der Waals surface area contributed by atoms with Crippen LogP contribution in [-0.2, 0) is 4.79 Å². The van der Waals surface area contributed by atoms with E-state index in [0.29, 0.717) is 6.42 Å². The molecule has 1 unspecified atom stereocenters. The minimum Gasteiger partial charge on any atom is -0.300 e. The van der Waals surface area contributed by atoms with Gasteiger partial charge in [0.15, 0.2) is 0 Å². The minimum absolute atomic E-state index is 0.225. The fourth-order valence-corrected chi connectivity index (χ4v) is 6.57. The highest BCUT2D eigenvalue weighted by Crippen LogP contribution is 2.34. The second-order valence-corrected chi connectivity index (χ2v) is 12.7. The molecule has 3 rings (SSSR count). The van der Waals surface area contributed by atoms with Crippen molar-refractivity contribution in [1.29, 1.82) is 0 Å². The molecule has 0 radical (unpaired) electrons. The van der Waals surface area contributed by atoms with Crippen LogP contribution in [0.5, 0.6) is 0 Å². The molecule has 0 amide bonds. The van der Waals surface area contributed by atoms with Gasteiger partial charge in [-0.25, -0.2) is 0 Å². The summed E-state index contributed by atoms with van der Waals surface area (Å²) >= 11 is 0. The van der Waals surface area contributed by atoms with Crippen molar-refractivity contribution in [2.45, 2.75) is 32.0 Å². The van der Waals surface area contributed by atoms with E-state index in [9.17, 15) is 4.79 Å². The van der Waals surface area contributed by atoms with Gasteiger partial charge in [-0.15, -0.1) is 0 Å². The van der Waals surface area contributed by atoms with Crippen LogP contribution in [0.25, 0.3) is 5.57 Å². The van der Waals surface area contributed by atoms with Crippen molar-refractivity contribution in [3.63, 3.8) is 0 Å². The van der Waals surface area contributed by atoms with Gasteiger partial charge in [0.1, 0.15) is 5.78 Å². The molecule has 0 aromatic heterocycles. The summed E-state index contributed by atoms with van der Waals surface area (Å²) in [5.74, 6) is 0.248. The maximum Gasteiger partial charge on any atom is 0.130 e. The summed E-state index contributed by atoms with van der Waals surface area (Å²) in [4.78, 5) is 12.2. The number of carbonyl (C=O) groups excluding carboxylic acids is 1. The van der Waals surface area contributed by atoms with Gasteiger partial charge in [-0.05, 0) is 29.2 Å². The van der Waals surface area contributed by atoms with Crippen molar-refractivity contribution >= 4 is 24.6 Å². The number of benzene rings is 3. The van der Waals surface area contributed by atoms with Crippen LogP contribution in [0, 0.1) is 0 Å². The summed E-state index contributed by atoms with van der Waals surface area (Å²) in [5, 5.41) is 1.39. The van der Waals surface area contributed by atoms with Gasteiger partial charge in [-0.2, -0.15) is 0 Å². The minimum atomic E-state index is -1.90. The molecule has 0 bridgehead atoms. The van der Waals surface area contributed by atoms with Crippen LogP contribution in [0.2, 0.25) is 18.6 Å². The van der Waals surface area contributed by atoms with Crippen molar-refractivity contribution in [3.05, 3.63) is 108 Å². The molecular formula is C26H28OSi. The lowest BCUT2D eigenvalue weighted by Crippen LogP contribution is -2.46. The van der Waals surface area contributed by atoms with Crippen LogP contribution in [-0.4, -0.2) is 13.9 Å². The molecule has 0 aliphatic rings. The van der Waals surface area contributed by atoms with Gasteiger partial charge in [0, 0.05) is 6.42 Å². The lowest BCUT2D eigenvalue weighted by molar-refractivity contribution is -0.116. The highest BCUT2D eigenvalue weighted by Gasteiger charge is 2.33. The molecule has 0 saturated carbocycles. The van der Waals surface area contributed by atoms with E-state index in [-0.39, 0.29) is 11.3 Å². The smallest absolute Gasteiger partial charge is 0.130 e. The Morgan fingerprint density at radius 3 is 1.64 bits per heavy atom. The zero-order valence-electron chi connectivity index (χ0n) is 16.9. The van der Waals surface area contributed by atoms with E-state index in [0.717, 1.165) is 0 Å². The van der Waals surface area contributed by atoms with Crippen LogP contribution < -0.4 is 5.19 Å². The van der Waals surface area contributed by atoms with Crippen LogP contribution >= 0.6 is 0 Å². The van der Waals surface area contributed by atoms with Crippen molar-refractivity contribution in [2.24, 2.45) is 0 Å². The van der Waals surface area contributed by atoms with Crippen LogP contribution in [0.15, 0.2) is 97.1 Å². The molecule has 0 heterocycles. The number of allylic oxidation sites excluding steroid dienone is 1. The summed E-state index contributed by atoms with van der Waals surface area (Å²) in [7, 11) is -1.90. The normalized spacial score (nSPS) is 12.2. The summed E-state index contributed by atoms with van der Waals surface area (Å²) in [6.45, 7) is 6.46. The van der Waals surface area contributed by atoms with E-state index in [1.807, 2.05) is 12.1 Å². The highest BCUT2D eigenvalue weighted by atomic mass is 28.3. The summed E-state index contributed by atoms with van der Waals surface area (Å²) in [6.07, 6.45) is 2.95. The molecule has 0 spiro atoms. The van der Waals surface area contributed by atoms with Crippen molar-refractivity contribution in [2.75, 3.05) is 0 Å². The van der Waals surface area contributed by atoms with E-state index in [1.165, 1.54) is 21.9 Å². The Morgan fingerprint density at radius 2 is 1.21 bits per heavy atom. The molecule has 0 N–H and O–H groups in total. The van der Waals surface area contributed by atoms with Crippen LogP contribution in [0.3, 0.4) is 0 Å². The first-order valence-electron chi connectivity index (χ1n) is 9.86. The molecule has 0 aliphatic carbocycles. The molecule has 0 aliphatic heterocycles. The SMILES string of the molecule is CC(=O)CC(C=C(c1ccccc1)c1ccccc1)[Si](C)(C)c1ccccc1. The lowest BCUT2D eigenvalue weighted by atomic mass is 9.96. The van der Waals surface area contributed by atoms with Gasteiger partial charge in [-0.1, -0.05) is 115 Å². The molecule has 3 aromatic carbocycles. The lowest BCUT2D eigenvalue weighted by Gasteiger charge is -2.31. The average molecular weight is 385 g/mol. The third kappa shape index (κ3) is 4.76. The summed E-state index contributed by atoms with van der Waals surface area (Å²) < 4.78 is 0. The molecule has 1 atom stereocenters. The van der Waals surface area contributed by atoms with Gasteiger partial charge in [0.2, 0.25) is 0 Å². The molecule has 142 valence electrons. The summed E-state index contributed by atoms with van der Waals surface area (Å²) in [5.41, 5.74) is 3.83. The number of Topliss-reactive ketones (excluding diaryl/α,β-unsaturated/α-hetero) is 1. The maximum atomic E-state index is 12.2. The Balaban J connectivity index is 2.14. The molecule has 3 aromatic rings. The second-order valence-electron chi connectivity index (χ2n) is 7.91. The Bertz CT molecular complexity index is 886. The largest absolute Gasteiger partial charge is 0.300 e. The fourth-order valence-electron chi connectivity index (χ4n) is 3.71. The van der Waals surface area contributed by atoms with Gasteiger partial charge in [-0.3, -0.25) is 0 Å². The van der Waals surface area contributed by atoms with Gasteiger partial charge >= 0.3 is 0 Å².